The van der Waals surface area contributed by atoms with Gasteiger partial charge in [-0.05, 0) is 42.5 Å². The number of hydrogen-bond acceptors (Lipinski definition) is 3. The van der Waals surface area contributed by atoms with Crippen LogP contribution in [0.25, 0.3) is 0 Å². The topological polar surface area (TPSA) is 81.8 Å². The van der Waals surface area contributed by atoms with Crippen molar-refractivity contribution in [2.45, 2.75) is 38.3 Å². The molecule has 1 heterocycles. The van der Waals surface area contributed by atoms with Crippen LogP contribution in [0.4, 0.5) is 9.18 Å². The Bertz CT molecular complexity index is 995. The van der Waals surface area contributed by atoms with Crippen LogP contribution in [0.15, 0.2) is 54.6 Å². The van der Waals surface area contributed by atoms with Gasteiger partial charge in [0.1, 0.15) is 5.82 Å². The maximum absolute atomic E-state index is 13.2. The zero-order valence-electron chi connectivity index (χ0n) is 19.2. The van der Waals surface area contributed by atoms with Gasteiger partial charge < -0.3 is 20.4 Å². The second-order valence-electron chi connectivity index (χ2n) is 8.91. The average Bonchev–Trinajstić information content (AvgIpc) is 3.69. The molecule has 0 radical (unpaired) electrons. The van der Waals surface area contributed by atoms with Gasteiger partial charge in [-0.1, -0.05) is 42.5 Å². The molecule has 0 bridgehead atoms. The van der Waals surface area contributed by atoms with Gasteiger partial charge in [-0.15, -0.1) is 0 Å². The largest absolute Gasteiger partial charge is 0.354 e. The van der Waals surface area contributed by atoms with Crippen LogP contribution in [0.3, 0.4) is 0 Å². The number of urea groups is 1. The first-order valence-corrected chi connectivity index (χ1v) is 11.9. The number of rotatable bonds is 4. The van der Waals surface area contributed by atoms with Gasteiger partial charge in [0, 0.05) is 38.6 Å². The number of halogens is 1. The van der Waals surface area contributed by atoms with Crippen molar-refractivity contribution in [3.63, 3.8) is 0 Å². The Hall–Kier alpha value is -3.42. The fourth-order valence-corrected chi connectivity index (χ4v) is 4.28. The first-order valence-electron chi connectivity index (χ1n) is 11.9. The minimum Gasteiger partial charge on any atom is -0.354 e. The van der Waals surface area contributed by atoms with Gasteiger partial charge >= 0.3 is 6.03 Å². The Morgan fingerprint density at radius 2 is 1.74 bits per heavy atom. The van der Waals surface area contributed by atoms with Crippen LogP contribution in [0.2, 0.25) is 0 Å². The summed E-state index contributed by atoms with van der Waals surface area (Å²) in [7, 11) is 0. The van der Waals surface area contributed by atoms with Crippen molar-refractivity contribution in [2.24, 2.45) is 5.92 Å². The Balaban J connectivity index is 1.45. The first-order chi connectivity index (χ1) is 16.5. The van der Waals surface area contributed by atoms with Gasteiger partial charge in [0.05, 0.1) is 12.5 Å². The average molecular weight is 467 g/mol. The summed E-state index contributed by atoms with van der Waals surface area (Å²) >= 11 is 0. The molecule has 4 rings (SSSR count). The molecule has 8 heteroatoms. The zero-order valence-corrected chi connectivity index (χ0v) is 19.2. The van der Waals surface area contributed by atoms with Gasteiger partial charge in [0.2, 0.25) is 11.8 Å². The molecule has 1 aliphatic heterocycles. The normalized spacial score (nSPS) is 19.7. The van der Waals surface area contributed by atoms with Gasteiger partial charge in [-0.2, -0.15) is 0 Å². The van der Waals surface area contributed by atoms with E-state index < -0.39 is 0 Å². The van der Waals surface area contributed by atoms with E-state index in [1.165, 1.54) is 12.1 Å². The number of amides is 4. The third kappa shape index (κ3) is 6.34. The van der Waals surface area contributed by atoms with E-state index in [0.717, 1.165) is 24.0 Å². The number of carbonyl (C=O) groups excluding carboxylic acids is 3. The molecular weight excluding hydrogens is 435 g/mol. The molecule has 1 aliphatic carbocycles. The van der Waals surface area contributed by atoms with Gasteiger partial charge in [0.15, 0.2) is 0 Å². The Labute approximate surface area is 199 Å². The number of nitrogens with zero attached hydrogens (tertiary/aromatic N) is 2. The summed E-state index contributed by atoms with van der Waals surface area (Å²) in [6.45, 7) is 1.92. The molecule has 1 saturated heterocycles. The maximum Gasteiger partial charge on any atom is 0.317 e. The quantitative estimate of drug-likeness (QED) is 0.726. The summed E-state index contributed by atoms with van der Waals surface area (Å²) in [6, 6.07) is 15.1. The third-order valence-electron chi connectivity index (χ3n) is 6.32. The summed E-state index contributed by atoms with van der Waals surface area (Å²) < 4.78 is 13.1. The van der Waals surface area contributed by atoms with Crippen molar-refractivity contribution in [3.05, 3.63) is 71.5 Å². The molecule has 1 unspecified atom stereocenters. The molecule has 7 nitrogen and oxygen atoms in total. The van der Waals surface area contributed by atoms with Crippen LogP contribution < -0.4 is 10.6 Å². The van der Waals surface area contributed by atoms with E-state index in [1.54, 1.807) is 17.0 Å². The fraction of sp³-hybridized carbons (Fsp3) is 0.423. The number of hydrogen-bond donors (Lipinski definition) is 2. The molecule has 1 atom stereocenters. The lowest BCUT2D eigenvalue weighted by atomic mass is 10.0. The van der Waals surface area contributed by atoms with Gasteiger partial charge in [0.25, 0.3) is 0 Å². The van der Waals surface area contributed by atoms with Crippen LogP contribution in [-0.2, 0) is 16.1 Å². The second-order valence-corrected chi connectivity index (χ2v) is 8.91. The standard InChI is InChI=1S/C26H31FN4O3/c27-22-11-7-19(8-12-22)18-29-26(34)30-14-4-15-31(25(33)21-9-10-21)23(17-24(32)28-13-16-30)20-5-2-1-3-6-20/h1-3,5-8,11-12,21,23H,4,9-10,13-18H2,(H,28,32)(H,29,34). The highest BCUT2D eigenvalue weighted by molar-refractivity contribution is 5.83. The Morgan fingerprint density at radius 3 is 2.44 bits per heavy atom. The van der Waals surface area contributed by atoms with Crippen LogP contribution in [0.5, 0.6) is 0 Å². The summed E-state index contributed by atoms with van der Waals surface area (Å²) in [6.07, 6.45) is 2.58. The molecule has 0 aromatic heterocycles. The summed E-state index contributed by atoms with van der Waals surface area (Å²) in [5.74, 6) is -0.337. The lowest BCUT2D eigenvalue weighted by Gasteiger charge is -2.32. The number of nitrogens with one attached hydrogen (secondary N) is 2. The molecule has 2 aromatic carbocycles. The maximum atomic E-state index is 13.2. The Morgan fingerprint density at radius 1 is 1.00 bits per heavy atom. The SMILES string of the molecule is O=C1CC(c2ccccc2)N(C(=O)C2CC2)CCCN(C(=O)NCc2ccc(F)cc2)CCN1. The second kappa shape index (κ2) is 11.1. The number of carbonyl (C=O) groups is 3. The molecule has 34 heavy (non-hydrogen) atoms. The fourth-order valence-electron chi connectivity index (χ4n) is 4.28. The van der Waals surface area contributed by atoms with Crippen molar-refractivity contribution >= 4 is 17.8 Å². The van der Waals surface area contributed by atoms with E-state index in [1.807, 2.05) is 35.2 Å². The first kappa shape index (κ1) is 23.7. The highest BCUT2D eigenvalue weighted by atomic mass is 19.1. The highest BCUT2D eigenvalue weighted by Crippen LogP contribution is 2.35. The van der Waals surface area contributed by atoms with E-state index in [-0.39, 0.29) is 48.6 Å². The van der Waals surface area contributed by atoms with Crippen LogP contribution in [0, 0.1) is 11.7 Å². The van der Waals surface area contributed by atoms with Crippen LogP contribution in [-0.4, -0.2) is 53.8 Å². The van der Waals surface area contributed by atoms with E-state index in [4.69, 9.17) is 0 Å². The molecule has 2 aromatic rings. The molecule has 180 valence electrons. The summed E-state index contributed by atoms with van der Waals surface area (Å²) in [4.78, 5) is 42.3. The molecule has 0 spiro atoms. The lowest BCUT2D eigenvalue weighted by Crippen LogP contribution is -2.44. The van der Waals surface area contributed by atoms with E-state index in [0.29, 0.717) is 32.6 Å². The monoisotopic (exact) mass is 466 g/mol. The molecule has 4 amide bonds. The summed E-state index contributed by atoms with van der Waals surface area (Å²) in [5, 5.41) is 5.78. The smallest absolute Gasteiger partial charge is 0.317 e. The van der Waals surface area contributed by atoms with E-state index in [2.05, 4.69) is 10.6 Å². The predicted octanol–water partition coefficient (Wildman–Crippen LogP) is 3.23. The lowest BCUT2D eigenvalue weighted by molar-refractivity contribution is -0.136. The zero-order chi connectivity index (χ0) is 23.9. The molecular formula is C26H31FN4O3. The van der Waals surface area contributed by atoms with E-state index in [9.17, 15) is 18.8 Å². The van der Waals surface area contributed by atoms with Crippen LogP contribution in [0.1, 0.15) is 42.9 Å². The molecule has 2 N–H and O–H groups in total. The van der Waals surface area contributed by atoms with Gasteiger partial charge in [-0.3, -0.25) is 9.59 Å². The van der Waals surface area contributed by atoms with E-state index >= 15 is 0 Å². The van der Waals surface area contributed by atoms with Crippen molar-refractivity contribution < 1.29 is 18.8 Å². The van der Waals surface area contributed by atoms with Crippen LogP contribution >= 0.6 is 0 Å². The van der Waals surface area contributed by atoms with Crippen molar-refractivity contribution in [2.75, 3.05) is 26.2 Å². The molecule has 1 saturated carbocycles. The molecule has 2 fully saturated rings. The summed E-state index contributed by atoms with van der Waals surface area (Å²) in [5.41, 5.74) is 1.74. The van der Waals surface area contributed by atoms with Crippen molar-refractivity contribution in [3.8, 4) is 0 Å². The molecule has 2 aliphatic rings. The third-order valence-corrected chi connectivity index (χ3v) is 6.32. The Kier molecular flexibility index (Phi) is 7.77. The van der Waals surface area contributed by atoms with Crippen molar-refractivity contribution in [1.82, 2.24) is 20.4 Å². The minimum atomic E-state index is -0.326. The van der Waals surface area contributed by atoms with Crippen molar-refractivity contribution in [1.29, 1.82) is 0 Å². The predicted molar refractivity (Wildman–Crippen MR) is 126 cm³/mol. The number of benzene rings is 2. The highest BCUT2D eigenvalue weighted by Gasteiger charge is 2.37. The minimum absolute atomic E-state index is 0.0366. The van der Waals surface area contributed by atoms with Gasteiger partial charge in [-0.25, -0.2) is 9.18 Å².